The van der Waals surface area contributed by atoms with Crippen LogP contribution in [0.2, 0.25) is 0 Å². The largest absolute Gasteiger partial charge is 0.478 e. The highest BCUT2D eigenvalue weighted by Gasteiger charge is 2.30. The molecular weight excluding hydrogens is 393 g/mol. The van der Waals surface area contributed by atoms with Crippen molar-refractivity contribution >= 4 is 40.1 Å². The Morgan fingerprint density at radius 2 is 1.97 bits per heavy atom. The van der Waals surface area contributed by atoms with Gasteiger partial charge >= 0.3 is 5.97 Å². The van der Waals surface area contributed by atoms with Crippen LogP contribution in [0.1, 0.15) is 22.8 Å². The minimum Gasteiger partial charge on any atom is -0.478 e. The third-order valence-electron chi connectivity index (χ3n) is 4.32. The van der Waals surface area contributed by atoms with Gasteiger partial charge in [-0.2, -0.15) is 10.1 Å². The number of aromatic carboxylic acids is 1. The number of carbonyl (C=O) groups excluding carboxylic acids is 1. The van der Waals surface area contributed by atoms with E-state index in [1.54, 1.807) is 42.6 Å². The highest BCUT2D eigenvalue weighted by Crippen LogP contribution is 2.31. The van der Waals surface area contributed by atoms with Crippen LogP contribution in [0.25, 0.3) is 17.3 Å². The Morgan fingerprint density at radius 3 is 2.66 bits per heavy atom. The van der Waals surface area contributed by atoms with Crippen molar-refractivity contribution in [3.63, 3.8) is 0 Å². The number of thiazole rings is 1. The molecule has 29 heavy (non-hydrogen) atoms. The van der Waals surface area contributed by atoms with Gasteiger partial charge in [-0.05, 0) is 42.8 Å². The van der Waals surface area contributed by atoms with Crippen LogP contribution < -0.4 is 5.01 Å². The van der Waals surface area contributed by atoms with E-state index in [4.69, 9.17) is 5.11 Å². The normalized spacial score (nSPS) is 15.1. The molecule has 1 amide bonds. The van der Waals surface area contributed by atoms with Gasteiger partial charge in [0.15, 0.2) is 0 Å². The van der Waals surface area contributed by atoms with Crippen molar-refractivity contribution in [2.75, 3.05) is 5.01 Å². The van der Waals surface area contributed by atoms with E-state index >= 15 is 0 Å². The van der Waals surface area contributed by atoms with Crippen LogP contribution in [0.5, 0.6) is 0 Å². The zero-order valence-electron chi connectivity index (χ0n) is 15.2. The minimum absolute atomic E-state index is 0.171. The number of carbonyl (C=O) groups is 2. The number of benzene rings is 2. The molecule has 3 aromatic rings. The van der Waals surface area contributed by atoms with E-state index in [9.17, 15) is 14.0 Å². The molecule has 2 heterocycles. The fourth-order valence-electron chi connectivity index (χ4n) is 2.84. The summed E-state index contributed by atoms with van der Waals surface area (Å²) >= 11 is 1.24. The molecule has 0 spiro atoms. The molecule has 1 N–H and O–H groups in total. The average Bonchev–Trinajstić information content (AvgIpc) is 3.29. The molecule has 6 nitrogen and oxygen atoms in total. The summed E-state index contributed by atoms with van der Waals surface area (Å²) in [6.07, 6.45) is 1.66. The van der Waals surface area contributed by atoms with Crippen LogP contribution in [-0.2, 0) is 4.79 Å². The Bertz CT molecular complexity index is 1180. The number of hydrazone groups is 1. The first-order valence-corrected chi connectivity index (χ1v) is 9.47. The second-order valence-electron chi connectivity index (χ2n) is 6.31. The molecule has 0 saturated carbocycles. The number of carboxylic acids is 1. The third kappa shape index (κ3) is 3.70. The maximum atomic E-state index is 13.5. The zero-order chi connectivity index (χ0) is 20.5. The van der Waals surface area contributed by atoms with Crippen LogP contribution in [0.4, 0.5) is 9.52 Å². The molecule has 0 fully saturated rings. The SMILES string of the molecule is CC1=NN(c2nc(-c3cccc(F)c3)cs2)C(=O)/C1=C/c1ccc(C(=O)O)cc1. The lowest BCUT2D eigenvalue weighted by atomic mass is 10.1. The predicted molar refractivity (Wildman–Crippen MR) is 109 cm³/mol. The van der Waals surface area contributed by atoms with Crippen molar-refractivity contribution in [3.8, 4) is 11.3 Å². The van der Waals surface area contributed by atoms with Crippen LogP contribution in [0.3, 0.4) is 0 Å². The van der Waals surface area contributed by atoms with Gasteiger partial charge in [0.2, 0.25) is 5.13 Å². The maximum absolute atomic E-state index is 13.5. The number of rotatable bonds is 4. The quantitative estimate of drug-likeness (QED) is 0.648. The first-order valence-electron chi connectivity index (χ1n) is 8.59. The van der Waals surface area contributed by atoms with Gasteiger partial charge in [0.1, 0.15) is 5.82 Å². The summed E-state index contributed by atoms with van der Waals surface area (Å²) in [6, 6.07) is 12.3. The highest BCUT2D eigenvalue weighted by atomic mass is 32.1. The van der Waals surface area contributed by atoms with E-state index < -0.39 is 5.97 Å². The molecule has 8 heteroatoms. The Morgan fingerprint density at radius 1 is 1.21 bits per heavy atom. The number of nitrogens with zero attached hydrogens (tertiary/aromatic N) is 3. The Hall–Kier alpha value is -3.65. The van der Waals surface area contributed by atoms with Crippen molar-refractivity contribution in [3.05, 3.63) is 76.4 Å². The molecule has 0 unspecified atom stereocenters. The zero-order valence-corrected chi connectivity index (χ0v) is 16.0. The van der Waals surface area contributed by atoms with Gasteiger partial charge in [-0.25, -0.2) is 14.2 Å². The number of halogens is 1. The lowest BCUT2D eigenvalue weighted by Crippen LogP contribution is -2.21. The van der Waals surface area contributed by atoms with Crippen LogP contribution in [0.15, 0.2) is 64.6 Å². The Kier molecular flexibility index (Phi) is 4.77. The molecular formula is C21H14FN3O3S. The van der Waals surface area contributed by atoms with E-state index in [2.05, 4.69) is 10.1 Å². The topological polar surface area (TPSA) is 82.9 Å². The van der Waals surface area contributed by atoms with E-state index in [-0.39, 0.29) is 17.3 Å². The molecule has 1 aromatic heterocycles. The van der Waals surface area contributed by atoms with Gasteiger partial charge < -0.3 is 5.11 Å². The lowest BCUT2D eigenvalue weighted by Gasteiger charge is -2.07. The number of aromatic nitrogens is 1. The smallest absolute Gasteiger partial charge is 0.335 e. The van der Waals surface area contributed by atoms with Gasteiger partial charge in [-0.15, -0.1) is 11.3 Å². The highest BCUT2D eigenvalue weighted by molar-refractivity contribution is 7.14. The summed E-state index contributed by atoms with van der Waals surface area (Å²) in [4.78, 5) is 28.2. The lowest BCUT2D eigenvalue weighted by molar-refractivity contribution is -0.114. The molecule has 1 aliphatic rings. The molecule has 1 aliphatic heterocycles. The second-order valence-corrected chi connectivity index (χ2v) is 7.15. The van der Waals surface area contributed by atoms with E-state index in [1.165, 1.54) is 40.6 Å². The van der Waals surface area contributed by atoms with E-state index in [1.807, 2.05) is 0 Å². The first kappa shape index (κ1) is 18.7. The average molecular weight is 407 g/mol. The second kappa shape index (κ2) is 7.40. The maximum Gasteiger partial charge on any atom is 0.335 e. The molecule has 0 radical (unpaired) electrons. The molecule has 0 saturated heterocycles. The summed E-state index contributed by atoms with van der Waals surface area (Å²) < 4.78 is 13.5. The standard InChI is InChI=1S/C21H14FN3O3S/c1-12-17(9-13-5-7-14(8-6-13)20(27)28)19(26)25(24-12)21-23-18(11-29-21)15-3-2-4-16(22)10-15/h2-11H,1H3,(H,27,28)/b17-9+. The Labute approximate surface area is 169 Å². The Balaban J connectivity index is 1.60. The number of amides is 1. The number of carboxylic acid groups (broad SMARTS) is 1. The van der Waals surface area contributed by atoms with Gasteiger partial charge in [0, 0.05) is 10.9 Å². The van der Waals surface area contributed by atoms with E-state index in [0.29, 0.717) is 33.2 Å². The number of hydrogen-bond donors (Lipinski definition) is 1. The predicted octanol–water partition coefficient (Wildman–Crippen LogP) is 4.45. The molecule has 0 aliphatic carbocycles. The van der Waals surface area contributed by atoms with Crippen molar-refractivity contribution in [1.82, 2.24) is 4.98 Å². The fraction of sp³-hybridized carbons (Fsp3) is 0.0476. The summed E-state index contributed by atoms with van der Waals surface area (Å²) in [5, 5.41) is 16.6. The summed E-state index contributed by atoms with van der Waals surface area (Å²) in [7, 11) is 0. The summed E-state index contributed by atoms with van der Waals surface area (Å²) in [6.45, 7) is 1.72. The van der Waals surface area contributed by atoms with Gasteiger partial charge in [0.05, 0.1) is 22.5 Å². The monoisotopic (exact) mass is 407 g/mol. The summed E-state index contributed by atoms with van der Waals surface area (Å²) in [5.41, 5.74) is 2.97. The first-order chi connectivity index (χ1) is 13.9. The fourth-order valence-corrected chi connectivity index (χ4v) is 3.62. The van der Waals surface area contributed by atoms with Crippen LogP contribution in [0, 0.1) is 5.82 Å². The van der Waals surface area contributed by atoms with Gasteiger partial charge in [0.25, 0.3) is 5.91 Å². The molecule has 2 aromatic carbocycles. The number of anilines is 1. The molecule has 0 bridgehead atoms. The van der Waals surface area contributed by atoms with Crippen molar-refractivity contribution in [2.45, 2.75) is 6.92 Å². The van der Waals surface area contributed by atoms with Crippen LogP contribution >= 0.6 is 11.3 Å². The van der Waals surface area contributed by atoms with Crippen molar-refractivity contribution < 1.29 is 19.1 Å². The van der Waals surface area contributed by atoms with Gasteiger partial charge in [-0.1, -0.05) is 24.3 Å². The molecule has 0 atom stereocenters. The molecule has 144 valence electrons. The minimum atomic E-state index is -1.01. The third-order valence-corrected chi connectivity index (χ3v) is 5.14. The molecule has 4 rings (SSSR count). The summed E-state index contributed by atoms with van der Waals surface area (Å²) in [5.74, 6) is -1.70. The van der Waals surface area contributed by atoms with Crippen molar-refractivity contribution in [2.24, 2.45) is 5.10 Å². The number of hydrogen-bond acceptors (Lipinski definition) is 5. The van der Waals surface area contributed by atoms with Crippen molar-refractivity contribution in [1.29, 1.82) is 0 Å². The van der Waals surface area contributed by atoms with Gasteiger partial charge in [-0.3, -0.25) is 4.79 Å². The van der Waals surface area contributed by atoms with E-state index in [0.717, 1.165) is 0 Å². The van der Waals surface area contributed by atoms with Crippen LogP contribution in [-0.4, -0.2) is 27.7 Å².